The highest BCUT2D eigenvalue weighted by molar-refractivity contribution is 14.0. The van der Waals surface area contributed by atoms with Gasteiger partial charge in [0.15, 0.2) is 17.6 Å². The van der Waals surface area contributed by atoms with E-state index >= 15 is 0 Å². The van der Waals surface area contributed by atoms with Gasteiger partial charge in [-0.3, -0.25) is 4.99 Å². The van der Waals surface area contributed by atoms with E-state index in [1.54, 1.807) is 19.3 Å². The number of guanidine groups is 1. The summed E-state index contributed by atoms with van der Waals surface area (Å²) in [6, 6.07) is 3.31. The molecule has 0 amide bonds. The van der Waals surface area contributed by atoms with Crippen molar-refractivity contribution in [3.05, 3.63) is 24.1 Å². The third-order valence-corrected chi connectivity index (χ3v) is 3.87. The van der Waals surface area contributed by atoms with E-state index in [2.05, 4.69) is 39.6 Å². The molecule has 2 rings (SSSR count). The van der Waals surface area contributed by atoms with Gasteiger partial charge in [0, 0.05) is 38.9 Å². The normalized spacial score (nSPS) is 17.8. The van der Waals surface area contributed by atoms with Gasteiger partial charge in [-0.1, -0.05) is 0 Å². The molecule has 1 fully saturated rings. The third-order valence-electron chi connectivity index (χ3n) is 3.87. The summed E-state index contributed by atoms with van der Waals surface area (Å²) in [6.07, 6.45) is 3.63. The van der Waals surface area contributed by atoms with Crippen LogP contribution in [-0.2, 0) is 0 Å². The number of rotatable bonds is 6. The molecule has 136 valence electrons. The number of halogens is 2. The van der Waals surface area contributed by atoms with Gasteiger partial charge in [0.1, 0.15) is 0 Å². The van der Waals surface area contributed by atoms with Crippen molar-refractivity contribution < 1.29 is 4.39 Å². The highest BCUT2D eigenvalue weighted by Crippen LogP contribution is 2.20. The lowest BCUT2D eigenvalue weighted by molar-refractivity contribution is 0.399. The lowest BCUT2D eigenvalue weighted by Crippen LogP contribution is -2.45. The number of hydrogen-bond donors (Lipinski definition) is 2. The number of aromatic nitrogens is 1. The van der Waals surface area contributed by atoms with E-state index in [0.29, 0.717) is 5.82 Å². The molecule has 8 heteroatoms. The van der Waals surface area contributed by atoms with Gasteiger partial charge in [0.25, 0.3) is 0 Å². The standard InChI is InChI=1S/C16H27FN6.HI/c1-18-16(20-9-5-10-22(2)3)21-13-7-11-23(12-13)15-14(17)6-4-8-19-15;/h4,6,8,13H,5,7,9-12H2,1-3H3,(H2,18,20,21);1H. The molecule has 0 radical (unpaired) electrons. The van der Waals surface area contributed by atoms with Crippen LogP contribution in [0.25, 0.3) is 0 Å². The highest BCUT2D eigenvalue weighted by atomic mass is 127. The Bertz CT molecular complexity index is 525. The molecular formula is C16H28FIN6. The van der Waals surface area contributed by atoms with E-state index < -0.39 is 0 Å². The average molecular weight is 450 g/mol. The maximum absolute atomic E-state index is 13.8. The summed E-state index contributed by atoms with van der Waals surface area (Å²) >= 11 is 0. The van der Waals surface area contributed by atoms with Gasteiger partial charge in [-0.2, -0.15) is 0 Å². The van der Waals surface area contributed by atoms with E-state index in [1.807, 2.05) is 4.90 Å². The molecular weight excluding hydrogens is 422 g/mol. The number of nitrogens with one attached hydrogen (secondary N) is 2. The fourth-order valence-electron chi connectivity index (χ4n) is 2.67. The maximum atomic E-state index is 13.8. The number of pyridine rings is 1. The Labute approximate surface area is 160 Å². The van der Waals surface area contributed by atoms with Crippen LogP contribution in [0, 0.1) is 5.82 Å². The molecule has 1 atom stereocenters. The Balaban J connectivity index is 0.00000288. The summed E-state index contributed by atoms with van der Waals surface area (Å²) in [4.78, 5) is 12.5. The summed E-state index contributed by atoms with van der Waals surface area (Å²) in [5.74, 6) is 0.974. The van der Waals surface area contributed by atoms with E-state index in [-0.39, 0.29) is 35.8 Å². The van der Waals surface area contributed by atoms with Crippen molar-refractivity contribution in [2.45, 2.75) is 18.9 Å². The van der Waals surface area contributed by atoms with Crippen molar-refractivity contribution in [1.29, 1.82) is 0 Å². The zero-order valence-electron chi connectivity index (χ0n) is 14.6. The molecule has 1 aliphatic rings. The molecule has 2 N–H and O–H groups in total. The predicted molar refractivity (Wildman–Crippen MR) is 108 cm³/mol. The topological polar surface area (TPSA) is 55.8 Å². The lowest BCUT2D eigenvalue weighted by atomic mass is 10.3. The fourth-order valence-corrected chi connectivity index (χ4v) is 2.67. The van der Waals surface area contributed by atoms with Gasteiger partial charge in [-0.05, 0) is 45.6 Å². The molecule has 0 aromatic carbocycles. The molecule has 2 heterocycles. The SMILES string of the molecule is CN=C(NCCCN(C)C)NC1CCN(c2ncccc2F)C1.I. The fraction of sp³-hybridized carbons (Fsp3) is 0.625. The summed E-state index contributed by atoms with van der Waals surface area (Å²) in [6.45, 7) is 3.44. The van der Waals surface area contributed by atoms with Crippen molar-refractivity contribution in [3.63, 3.8) is 0 Å². The van der Waals surface area contributed by atoms with Gasteiger partial charge in [0.05, 0.1) is 0 Å². The second-order valence-electron chi connectivity index (χ2n) is 6.04. The smallest absolute Gasteiger partial charge is 0.191 e. The van der Waals surface area contributed by atoms with Gasteiger partial charge in [0.2, 0.25) is 0 Å². The van der Waals surface area contributed by atoms with Gasteiger partial charge in [-0.15, -0.1) is 24.0 Å². The molecule has 1 unspecified atom stereocenters. The van der Waals surface area contributed by atoms with E-state index in [9.17, 15) is 4.39 Å². The summed E-state index contributed by atoms with van der Waals surface area (Å²) in [5.41, 5.74) is 0. The largest absolute Gasteiger partial charge is 0.356 e. The number of nitrogens with zero attached hydrogens (tertiary/aromatic N) is 4. The highest BCUT2D eigenvalue weighted by Gasteiger charge is 2.25. The van der Waals surface area contributed by atoms with Crippen LogP contribution < -0.4 is 15.5 Å². The van der Waals surface area contributed by atoms with Crippen LogP contribution >= 0.6 is 24.0 Å². The molecule has 1 aliphatic heterocycles. The van der Waals surface area contributed by atoms with Crippen molar-refractivity contribution in [1.82, 2.24) is 20.5 Å². The first-order chi connectivity index (χ1) is 11.1. The van der Waals surface area contributed by atoms with Crippen molar-refractivity contribution in [2.24, 2.45) is 4.99 Å². The van der Waals surface area contributed by atoms with Crippen LogP contribution in [-0.4, -0.2) is 69.2 Å². The second-order valence-corrected chi connectivity index (χ2v) is 6.04. The minimum atomic E-state index is -0.264. The first kappa shape index (κ1) is 20.9. The van der Waals surface area contributed by atoms with Gasteiger partial charge >= 0.3 is 0 Å². The monoisotopic (exact) mass is 450 g/mol. The molecule has 1 aromatic heterocycles. The van der Waals surface area contributed by atoms with Crippen molar-refractivity contribution in [2.75, 3.05) is 52.2 Å². The average Bonchev–Trinajstić information content (AvgIpc) is 2.98. The second kappa shape index (κ2) is 10.7. The third kappa shape index (κ3) is 6.39. The minimum Gasteiger partial charge on any atom is -0.356 e. The molecule has 24 heavy (non-hydrogen) atoms. The molecule has 1 aromatic rings. The summed E-state index contributed by atoms with van der Waals surface area (Å²) < 4.78 is 13.8. The van der Waals surface area contributed by atoms with Crippen molar-refractivity contribution >= 4 is 35.8 Å². The van der Waals surface area contributed by atoms with Gasteiger partial charge in [-0.25, -0.2) is 9.37 Å². The molecule has 0 spiro atoms. The van der Waals surface area contributed by atoms with E-state index in [0.717, 1.165) is 45.0 Å². The molecule has 0 saturated carbocycles. The maximum Gasteiger partial charge on any atom is 0.191 e. The van der Waals surface area contributed by atoms with E-state index in [1.165, 1.54) is 6.07 Å². The quantitative estimate of drug-likeness (QED) is 0.298. The van der Waals surface area contributed by atoms with Crippen LogP contribution in [0.3, 0.4) is 0 Å². The Morgan fingerprint density at radius 1 is 1.50 bits per heavy atom. The zero-order valence-corrected chi connectivity index (χ0v) is 17.0. The minimum absolute atomic E-state index is 0. The Kier molecular flexibility index (Phi) is 9.27. The van der Waals surface area contributed by atoms with Crippen LogP contribution in [0.4, 0.5) is 10.2 Å². The summed E-state index contributed by atoms with van der Waals surface area (Å²) in [7, 11) is 5.90. The van der Waals surface area contributed by atoms with E-state index in [4.69, 9.17) is 0 Å². The molecule has 0 aliphatic carbocycles. The predicted octanol–water partition coefficient (Wildman–Crippen LogP) is 1.53. The Morgan fingerprint density at radius 3 is 2.96 bits per heavy atom. The first-order valence-corrected chi connectivity index (χ1v) is 8.07. The summed E-state index contributed by atoms with van der Waals surface area (Å²) in [5, 5.41) is 6.73. The Hall–Kier alpha value is -1.16. The number of aliphatic imine (C=N–C) groups is 1. The Morgan fingerprint density at radius 2 is 2.29 bits per heavy atom. The number of hydrogen-bond acceptors (Lipinski definition) is 4. The van der Waals surface area contributed by atoms with Crippen LogP contribution in [0.1, 0.15) is 12.8 Å². The number of anilines is 1. The van der Waals surface area contributed by atoms with Crippen LogP contribution in [0.5, 0.6) is 0 Å². The first-order valence-electron chi connectivity index (χ1n) is 8.07. The molecule has 0 bridgehead atoms. The van der Waals surface area contributed by atoms with Crippen LogP contribution in [0.15, 0.2) is 23.3 Å². The molecule has 1 saturated heterocycles. The van der Waals surface area contributed by atoms with Gasteiger partial charge < -0.3 is 20.4 Å². The lowest BCUT2D eigenvalue weighted by Gasteiger charge is -2.20. The molecule has 6 nitrogen and oxygen atoms in total. The zero-order chi connectivity index (χ0) is 16.7. The van der Waals surface area contributed by atoms with Crippen LogP contribution in [0.2, 0.25) is 0 Å². The van der Waals surface area contributed by atoms with Crippen molar-refractivity contribution in [3.8, 4) is 0 Å².